The van der Waals surface area contributed by atoms with Gasteiger partial charge in [0, 0.05) is 6.20 Å². The second-order valence-corrected chi connectivity index (χ2v) is 3.80. The lowest BCUT2D eigenvalue weighted by Crippen LogP contribution is -2.09. The molecule has 5 heteroatoms. The molecule has 0 saturated heterocycles. The Balaban J connectivity index is 2.43. The highest BCUT2D eigenvalue weighted by molar-refractivity contribution is 5.73. The largest absolute Gasteiger partial charge is 0.389 e. The summed E-state index contributed by atoms with van der Waals surface area (Å²) in [5, 5.41) is 20.3. The molecule has 84 valence electrons. The monoisotopic (exact) mass is 220 g/mol. The molecule has 0 aromatic carbocycles. The third-order valence-corrected chi connectivity index (χ3v) is 2.68. The fourth-order valence-electron chi connectivity index (χ4n) is 1.93. The number of hydrogen-bond donors (Lipinski definition) is 1. The van der Waals surface area contributed by atoms with E-state index in [-0.39, 0.29) is 5.69 Å². The standard InChI is InChI=1S/C11H12N2O3/c14-9-3-1-2-8(6-9)10-4-5-12-7-11(10)13(15)16/h4-7,9,14H,1-3H2/t9-/m1/s1. The van der Waals surface area contributed by atoms with Crippen LogP contribution in [0.1, 0.15) is 24.8 Å². The Morgan fingerprint density at radius 1 is 1.56 bits per heavy atom. The molecular formula is C11H12N2O3. The summed E-state index contributed by atoms with van der Waals surface area (Å²) in [7, 11) is 0. The summed E-state index contributed by atoms with van der Waals surface area (Å²) in [5.41, 5.74) is 1.41. The van der Waals surface area contributed by atoms with E-state index >= 15 is 0 Å². The Hall–Kier alpha value is -1.75. The van der Waals surface area contributed by atoms with E-state index in [4.69, 9.17) is 0 Å². The predicted molar refractivity (Wildman–Crippen MR) is 58.7 cm³/mol. The molecule has 0 radical (unpaired) electrons. The molecule has 1 aliphatic carbocycles. The van der Waals surface area contributed by atoms with Gasteiger partial charge in [-0.2, -0.15) is 0 Å². The highest BCUT2D eigenvalue weighted by Gasteiger charge is 2.20. The number of hydrogen-bond acceptors (Lipinski definition) is 4. The maximum atomic E-state index is 10.8. The Kier molecular flexibility index (Phi) is 2.96. The van der Waals surface area contributed by atoms with Crippen LogP contribution in [0.3, 0.4) is 0 Å². The van der Waals surface area contributed by atoms with Gasteiger partial charge in [-0.3, -0.25) is 15.1 Å². The lowest BCUT2D eigenvalue weighted by atomic mass is 9.92. The van der Waals surface area contributed by atoms with E-state index < -0.39 is 11.0 Å². The molecule has 1 aliphatic rings. The van der Waals surface area contributed by atoms with Crippen LogP contribution in [0.4, 0.5) is 5.69 Å². The van der Waals surface area contributed by atoms with E-state index in [9.17, 15) is 15.2 Å². The number of aromatic nitrogens is 1. The predicted octanol–water partition coefficient (Wildman–Crippen LogP) is 1.92. The average Bonchev–Trinajstić information content (AvgIpc) is 2.29. The minimum Gasteiger partial charge on any atom is -0.389 e. The topological polar surface area (TPSA) is 76.3 Å². The van der Waals surface area contributed by atoms with Gasteiger partial charge in [-0.25, -0.2) is 0 Å². The first-order chi connectivity index (χ1) is 7.68. The number of nitrogens with zero attached hydrogens (tertiary/aromatic N) is 2. The third-order valence-electron chi connectivity index (χ3n) is 2.68. The van der Waals surface area contributed by atoms with E-state index in [0.29, 0.717) is 5.56 Å². The first kappa shape index (κ1) is 10.8. The average molecular weight is 220 g/mol. The van der Waals surface area contributed by atoms with E-state index in [2.05, 4.69) is 4.98 Å². The zero-order valence-electron chi connectivity index (χ0n) is 8.67. The molecule has 1 heterocycles. The molecule has 1 aromatic rings. The molecule has 0 amide bonds. The first-order valence-electron chi connectivity index (χ1n) is 5.16. The van der Waals surface area contributed by atoms with E-state index in [1.165, 1.54) is 12.4 Å². The van der Waals surface area contributed by atoms with Crippen LogP contribution in [0.5, 0.6) is 0 Å². The van der Waals surface area contributed by atoms with E-state index in [1.807, 2.05) is 0 Å². The van der Waals surface area contributed by atoms with Crippen molar-refractivity contribution in [3.05, 3.63) is 40.2 Å². The summed E-state index contributed by atoms with van der Waals surface area (Å²) < 4.78 is 0. The van der Waals surface area contributed by atoms with Crippen molar-refractivity contribution in [2.75, 3.05) is 0 Å². The fourth-order valence-corrected chi connectivity index (χ4v) is 1.93. The van der Waals surface area contributed by atoms with Crippen LogP contribution in [0.2, 0.25) is 0 Å². The van der Waals surface area contributed by atoms with Crippen LogP contribution in [-0.4, -0.2) is 21.1 Å². The van der Waals surface area contributed by atoms with Crippen molar-refractivity contribution in [2.45, 2.75) is 25.4 Å². The zero-order chi connectivity index (χ0) is 11.5. The van der Waals surface area contributed by atoms with Crippen LogP contribution in [0.25, 0.3) is 5.57 Å². The fraction of sp³-hybridized carbons (Fsp3) is 0.364. The molecule has 5 nitrogen and oxygen atoms in total. The SMILES string of the molecule is O=[N+]([O-])c1cnccc1C1=C[C@H](O)CCC1. The van der Waals surface area contributed by atoms with Crippen molar-refractivity contribution in [1.82, 2.24) is 4.98 Å². The molecule has 0 saturated carbocycles. The van der Waals surface area contributed by atoms with Crippen LogP contribution in [-0.2, 0) is 0 Å². The van der Waals surface area contributed by atoms with Gasteiger partial charge in [0.25, 0.3) is 5.69 Å². The summed E-state index contributed by atoms with van der Waals surface area (Å²) >= 11 is 0. The minimum absolute atomic E-state index is 0.00264. The number of nitro groups is 1. The van der Waals surface area contributed by atoms with Gasteiger partial charge in [-0.15, -0.1) is 0 Å². The Morgan fingerprint density at radius 3 is 3.06 bits per heavy atom. The molecule has 1 N–H and O–H groups in total. The Labute approximate surface area is 92.6 Å². The lowest BCUT2D eigenvalue weighted by Gasteiger charge is -2.16. The van der Waals surface area contributed by atoms with E-state index in [0.717, 1.165) is 24.8 Å². The molecule has 0 fully saturated rings. The first-order valence-corrected chi connectivity index (χ1v) is 5.16. The van der Waals surface area contributed by atoms with Gasteiger partial charge in [0.15, 0.2) is 0 Å². The number of allylic oxidation sites excluding steroid dienone is 1. The second kappa shape index (κ2) is 4.40. The van der Waals surface area contributed by atoms with Crippen molar-refractivity contribution >= 4 is 11.3 Å². The van der Waals surface area contributed by atoms with Crippen LogP contribution < -0.4 is 0 Å². The van der Waals surface area contributed by atoms with Crippen LogP contribution >= 0.6 is 0 Å². The highest BCUT2D eigenvalue weighted by Crippen LogP contribution is 2.31. The van der Waals surface area contributed by atoms with Crippen molar-refractivity contribution in [1.29, 1.82) is 0 Å². The summed E-state index contributed by atoms with van der Waals surface area (Å²) in [6, 6.07) is 1.63. The molecule has 1 aromatic heterocycles. The van der Waals surface area contributed by atoms with Crippen molar-refractivity contribution in [3.8, 4) is 0 Å². The van der Waals surface area contributed by atoms with Gasteiger partial charge in [0.2, 0.25) is 0 Å². The third kappa shape index (κ3) is 2.09. The highest BCUT2D eigenvalue weighted by atomic mass is 16.6. The maximum Gasteiger partial charge on any atom is 0.294 e. The summed E-state index contributed by atoms with van der Waals surface area (Å²) in [4.78, 5) is 14.1. The summed E-state index contributed by atoms with van der Waals surface area (Å²) in [6.45, 7) is 0. The Morgan fingerprint density at radius 2 is 2.38 bits per heavy atom. The normalized spacial score (nSPS) is 20.3. The number of aliphatic hydroxyl groups is 1. The Bertz CT molecular complexity index is 443. The number of aliphatic hydroxyl groups excluding tert-OH is 1. The molecular weight excluding hydrogens is 208 g/mol. The zero-order valence-corrected chi connectivity index (χ0v) is 8.67. The number of rotatable bonds is 2. The van der Waals surface area contributed by atoms with Gasteiger partial charge in [-0.1, -0.05) is 6.08 Å². The molecule has 1 atom stereocenters. The minimum atomic E-state index is -0.489. The van der Waals surface area contributed by atoms with Crippen molar-refractivity contribution in [3.63, 3.8) is 0 Å². The van der Waals surface area contributed by atoms with Gasteiger partial charge >= 0.3 is 0 Å². The van der Waals surface area contributed by atoms with Gasteiger partial charge in [-0.05, 0) is 30.9 Å². The van der Waals surface area contributed by atoms with E-state index in [1.54, 1.807) is 12.1 Å². The van der Waals surface area contributed by atoms with Gasteiger partial charge in [0.1, 0.15) is 6.20 Å². The van der Waals surface area contributed by atoms with Gasteiger partial charge < -0.3 is 5.11 Å². The maximum absolute atomic E-state index is 10.8. The smallest absolute Gasteiger partial charge is 0.294 e. The van der Waals surface area contributed by atoms with Crippen molar-refractivity contribution in [2.24, 2.45) is 0 Å². The van der Waals surface area contributed by atoms with Crippen LogP contribution in [0.15, 0.2) is 24.5 Å². The molecule has 16 heavy (non-hydrogen) atoms. The molecule has 0 bridgehead atoms. The van der Waals surface area contributed by atoms with Crippen LogP contribution in [0, 0.1) is 10.1 Å². The molecule has 0 unspecified atom stereocenters. The summed E-state index contributed by atoms with van der Waals surface area (Å²) in [6.07, 6.45) is 6.33. The number of pyridine rings is 1. The molecule has 0 spiro atoms. The molecule has 2 rings (SSSR count). The second-order valence-electron chi connectivity index (χ2n) is 3.80. The quantitative estimate of drug-likeness (QED) is 0.610. The summed E-state index contributed by atoms with van der Waals surface area (Å²) in [5.74, 6) is 0. The lowest BCUT2D eigenvalue weighted by molar-refractivity contribution is -0.385. The van der Waals surface area contributed by atoms with Gasteiger partial charge in [0.05, 0.1) is 16.6 Å². The molecule has 0 aliphatic heterocycles. The van der Waals surface area contributed by atoms with Crippen molar-refractivity contribution < 1.29 is 10.0 Å².